The maximum Gasteiger partial charge on any atom is -0.00111 e. The Morgan fingerprint density at radius 1 is 1.13 bits per heavy atom. The van der Waals surface area contributed by atoms with Crippen LogP contribution in [0.3, 0.4) is 0 Å². The van der Waals surface area contributed by atoms with Crippen molar-refractivity contribution >= 4 is 10.0 Å². The largest absolute Gasteiger partial charge is 0.178 e. The average molecular weight is 224 g/mol. The molecule has 0 saturated carbocycles. The van der Waals surface area contributed by atoms with E-state index in [1.165, 1.54) is 48.5 Å². The normalized spacial score (nSPS) is 17.7. The first-order valence-electron chi connectivity index (χ1n) is 6.24. The van der Waals surface area contributed by atoms with Crippen LogP contribution in [0.5, 0.6) is 0 Å². The molecule has 0 aliphatic heterocycles. The fourth-order valence-electron chi connectivity index (χ4n) is 1.95. The minimum absolute atomic E-state index is 0.612. The molecule has 0 unspecified atom stereocenters. The second-order valence-electron chi connectivity index (χ2n) is 4.11. The van der Waals surface area contributed by atoms with E-state index in [4.69, 9.17) is 0 Å². The molecule has 0 nitrogen and oxygen atoms in total. The van der Waals surface area contributed by atoms with Crippen LogP contribution >= 0.6 is 10.0 Å². The molecule has 0 aromatic carbocycles. The highest BCUT2D eigenvalue weighted by Crippen LogP contribution is 2.45. The molecule has 15 heavy (non-hydrogen) atoms. The molecule has 0 spiro atoms. The molecule has 0 amide bonds. The van der Waals surface area contributed by atoms with E-state index in [1.807, 2.05) is 0 Å². The highest BCUT2D eigenvalue weighted by atomic mass is 32.3. The van der Waals surface area contributed by atoms with Gasteiger partial charge in [-0.2, -0.15) is 10.0 Å². The zero-order valence-electron chi connectivity index (χ0n) is 10.4. The van der Waals surface area contributed by atoms with E-state index in [-0.39, 0.29) is 0 Å². The van der Waals surface area contributed by atoms with Crippen molar-refractivity contribution in [3.63, 3.8) is 0 Å². The first-order chi connectivity index (χ1) is 7.26. The van der Waals surface area contributed by atoms with Crippen LogP contribution in [0.4, 0.5) is 0 Å². The second kappa shape index (κ2) is 6.28. The van der Waals surface area contributed by atoms with E-state index in [1.54, 1.807) is 0 Å². The Morgan fingerprint density at radius 3 is 2.27 bits per heavy atom. The molecular weight excluding hydrogens is 200 g/mol. The predicted octanol–water partition coefficient (Wildman–Crippen LogP) is 4.31. The van der Waals surface area contributed by atoms with Crippen molar-refractivity contribution in [3.8, 4) is 11.2 Å². The Morgan fingerprint density at radius 2 is 1.80 bits per heavy atom. The standard InChI is InChI=1S/C14H24S/c1-4-15(5-2,6-3)13-12-14-10-8-7-9-11-14/h10H,4-9,11H2,1-3H3. The molecule has 0 atom stereocenters. The quantitative estimate of drug-likeness (QED) is 0.627. The van der Waals surface area contributed by atoms with Crippen LogP contribution in [0.2, 0.25) is 0 Å². The van der Waals surface area contributed by atoms with Gasteiger partial charge in [0.15, 0.2) is 0 Å². The van der Waals surface area contributed by atoms with Crippen LogP contribution < -0.4 is 0 Å². The fraction of sp³-hybridized carbons (Fsp3) is 0.714. The van der Waals surface area contributed by atoms with Crippen LogP contribution in [0.25, 0.3) is 0 Å². The Balaban J connectivity index is 2.72. The van der Waals surface area contributed by atoms with Crippen molar-refractivity contribution in [1.82, 2.24) is 0 Å². The van der Waals surface area contributed by atoms with E-state index in [2.05, 4.69) is 38.0 Å². The second-order valence-corrected chi connectivity index (χ2v) is 8.14. The van der Waals surface area contributed by atoms with Gasteiger partial charge < -0.3 is 0 Å². The third-order valence-electron chi connectivity index (χ3n) is 3.38. The van der Waals surface area contributed by atoms with Crippen LogP contribution in [0.1, 0.15) is 46.5 Å². The molecule has 1 rings (SSSR count). The van der Waals surface area contributed by atoms with Gasteiger partial charge in [0.25, 0.3) is 0 Å². The summed E-state index contributed by atoms with van der Waals surface area (Å²) in [4.78, 5) is 0. The Kier molecular flexibility index (Phi) is 5.32. The van der Waals surface area contributed by atoms with Crippen molar-refractivity contribution in [2.24, 2.45) is 0 Å². The summed E-state index contributed by atoms with van der Waals surface area (Å²) in [6, 6.07) is 0. The summed E-state index contributed by atoms with van der Waals surface area (Å²) in [5.41, 5.74) is 1.41. The molecule has 0 aromatic heterocycles. The SMILES string of the molecule is CCS(C#CC1=CCCCC1)(CC)CC. The topological polar surface area (TPSA) is 0 Å². The van der Waals surface area contributed by atoms with Crippen molar-refractivity contribution in [2.75, 3.05) is 17.3 Å². The number of rotatable bonds is 3. The van der Waals surface area contributed by atoms with Gasteiger partial charge in [0, 0.05) is 0 Å². The summed E-state index contributed by atoms with van der Waals surface area (Å²) in [6.07, 6.45) is 7.52. The molecule has 0 saturated heterocycles. The average Bonchev–Trinajstić information content (AvgIpc) is 2.33. The lowest BCUT2D eigenvalue weighted by molar-refractivity contribution is 0.715. The lowest BCUT2D eigenvalue weighted by Gasteiger charge is -2.30. The summed E-state index contributed by atoms with van der Waals surface area (Å²) in [7, 11) is -0.612. The summed E-state index contributed by atoms with van der Waals surface area (Å²) >= 11 is 0. The van der Waals surface area contributed by atoms with E-state index >= 15 is 0 Å². The molecule has 0 bridgehead atoms. The van der Waals surface area contributed by atoms with Gasteiger partial charge in [0.2, 0.25) is 0 Å². The van der Waals surface area contributed by atoms with Gasteiger partial charge in [-0.15, -0.1) is 0 Å². The van der Waals surface area contributed by atoms with Crippen molar-refractivity contribution in [2.45, 2.75) is 46.5 Å². The number of hydrogen-bond acceptors (Lipinski definition) is 0. The van der Waals surface area contributed by atoms with Gasteiger partial charge in [-0.25, -0.2) is 0 Å². The molecule has 0 N–H and O–H groups in total. The van der Waals surface area contributed by atoms with E-state index in [0.29, 0.717) is 0 Å². The molecule has 0 fully saturated rings. The van der Waals surface area contributed by atoms with Gasteiger partial charge in [0.1, 0.15) is 0 Å². The smallest absolute Gasteiger partial charge is 0.00111 e. The van der Waals surface area contributed by atoms with Gasteiger partial charge >= 0.3 is 0 Å². The fourth-order valence-corrected chi connectivity index (χ4v) is 3.96. The van der Waals surface area contributed by atoms with Gasteiger partial charge in [-0.3, -0.25) is 0 Å². The molecule has 86 valence electrons. The summed E-state index contributed by atoms with van der Waals surface area (Å²) in [6.45, 7) is 6.89. The first-order valence-corrected chi connectivity index (χ1v) is 8.38. The molecule has 1 aliphatic rings. The summed E-state index contributed by atoms with van der Waals surface area (Å²) < 4.78 is 0. The van der Waals surface area contributed by atoms with E-state index in [0.717, 1.165) is 0 Å². The Hall–Kier alpha value is -0.350. The summed E-state index contributed by atoms with van der Waals surface area (Å²) in [5.74, 6) is 7.26. The lowest BCUT2D eigenvalue weighted by atomic mass is 10.0. The highest BCUT2D eigenvalue weighted by Gasteiger charge is 2.13. The molecule has 0 radical (unpaired) electrons. The first kappa shape index (κ1) is 12.7. The van der Waals surface area contributed by atoms with Crippen molar-refractivity contribution in [1.29, 1.82) is 0 Å². The minimum atomic E-state index is -0.612. The molecule has 0 heterocycles. The maximum atomic E-state index is 3.62. The predicted molar refractivity (Wildman–Crippen MR) is 73.5 cm³/mol. The lowest BCUT2D eigenvalue weighted by Crippen LogP contribution is -2.06. The Bertz CT molecular complexity index is 265. The number of allylic oxidation sites excluding steroid dienone is 2. The van der Waals surface area contributed by atoms with Crippen molar-refractivity contribution in [3.05, 3.63) is 11.6 Å². The molecular formula is C14H24S. The minimum Gasteiger partial charge on any atom is -0.178 e. The zero-order valence-corrected chi connectivity index (χ0v) is 11.3. The summed E-state index contributed by atoms with van der Waals surface area (Å²) in [5, 5.41) is 3.62. The Labute approximate surface area is 96.8 Å². The van der Waals surface area contributed by atoms with Gasteiger partial charge in [-0.05, 0) is 53.8 Å². The van der Waals surface area contributed by atoms with Gasteiger partial charge in [0.05, 0.1) is 0 Å². The maximum absolute atomic E-state index is 3.62. The van der Waals surface area contributed by atoms with E-state index < -0.39 is 10.0 Å². The van der Waals surface area contributed by atoms with Crippen LogP contribution in [0.15, 0.2) is 11.6 Å². The van der Waals surface area contributed by atoms with Crippen LogP contribution in [0, 0.1) is 11.2 Å². The monoisotopic (exact) mass is 224 g/mol. The van der Waals surface area contributed by atoms with Gasteiger partial charge in [-0.1, -0.05) is 32.8 Å². The third-order valence-corrected chi connectivity index (χ3v) is 7.23. The third kappa shape index (κ3) is 3.61. The van der Waals surface area contributed by atoms with Crippen LogP contribution in [-0.2, 0) is 0 Å². The van der Waals surface area contributed by atoms with E-state index in [9.17, 15) is 0 Å². The number of hydrogen-bond donors (Lipinski definition) is 0. The van der Waals surface area contributed by atoms with Crippen molar-refractivity contribution < 1.29 is 0 Å². The molecule has 1 heteroatoms. The molecule has 0 aromatic rings. The zero-order chi connectivity index (χ0) is 11.1. The highest BCUT2D eigenvalue weighted by molar-refractivity contribution is 8.37. The molecule has 1 aliphatic carbocycles. The van der Waals surface area contributed by atoms with Crippen LogP contribution in [-0.4, -0.2) is 17.3 Å².